The number of ketones is 1. The molecule has 3 rings (SSSR count). The summed E-state index contributed by atoms with van der Waals surface area (Å²) < 4.78 is 10.4. The van der Waals surface area contributed by atoms with Gasteiger partial charge in [-0.25, -0.2) is 4.79 Å². The molecule has 2 atom stereocenters. The predicted octanol–water partition coefficient (Wildman–Crippen LogP) is 3.04. The Morgan fingerprint density at radius 1 is 1.13 bits per heavy atom. The Balaban J connectivity index is 1.94. The molecule has 1 heterocycles. The van der Waals surface area contributed by atoms with Crippen LogP contribution in [-0.2, 0) is 4.74 Å². The molecule has 2 aromatic rings. The number of carbonyl (C=O) groups excluding carboxylic acids is 2. The molecule has 1 fully saturated rings. The third kappa shape index (κ3) is 2.90. The first-order chi connectivity index (χ1) is 11.1. The number of aryl methyl sites for hydroxylation is 1. The van der Waals surface area contributed by atoms with E-state index >= 15 is 0 Å². The summed E-state index contributed by atoms with van der Waals surface area (Å²) in [5.74, 6) is 0.175. The van der Waals surface area contributed by atoms with E-state index in [1.807, 2.05) is 31.2 Å². The van der Waals surface area contributed by atoms with Gasteiger partial charge in [-0.1, -0.05) is 42.0 Å². The highest BCUT2D eigenvalue weighted by molar-refractivity contribution is 6.04. The molecule has 0 radical (unpaired) electrons. The number of methoxy groups -OCH3 is 1. The third-order valence-corrected chi connectivity index (χ3v) is 3.88. The molecule has 0 aromatic heterocycles. The fourth-order valence-electron chi connectivity index (χ4n) is 2.66. The Labute approximate surface area is 134 Å². The summed E-state index contributed by atoms with van der Waals surface area (Å²) in [6.07, 6.45) is -1.51. The minimum atomic E-state index is -0.915. The Hall–Kier alpha value is -2.82. The number of Topliss-reactive ketones (excluding diaryl/α,β-unsaturated/α-hetero) is 1. The summed E-state index contributed by atoms with van der Waals surface area (Å²) >= 11 is 0. The summed E-state index contributed by atoms with van der Waals surface area (Å²) in [6.45, 7) is 1.98. The number of alkyl carbamates (subject to hydrolysis) is 1. The van der Waals surface area contributed by atoms with Gasteiger partial charge in [0.1, 0.15) is 11.8 Å². The van der Waals surface area contributed by atoms with Crippen LogP contribution in [0.3, 0.4) is 0 Å². The van der Waals surface area contributed by atoms with Crippen molar-refractivity contribution in [3.05, 3.63) is 65.2 Å². The number of carbonyl (C=O) groups is 2. The molecule has 1 aliphatic heterocycles. The van der Waals surface area contributed by atoms with E-state index in [-0.39, 0.29) is 5.78 Å². The molecule has 0 aliphatic carbocycles. The predicted molar refractivity (Wildman–Crippen MR) is 84.6 cm³/mol. The van der Waals surface area contributed by atoms with E-state index in [4.69, 9.17) is 9.47 Å². The Bertz CT molecular complexity index is 739. The van der Waals surface area contributed by atoms with Gasteiger partial charge < -0.3 is 14.8 Å². The minimum Gasteiger partial charge on any atom is -0.496 e. The molecule has 5 nitrogen and oxygen atoms in total. The minimum absolute atomic E-state index is 0.286. The molecule has 1 amide bonds. The molecule has 23 heavy (non-hydrogen) atoms. The number of hydrogen-bond donors (Lipinski definition) is 1. The van der Waals surface area contributed by atoms with Crippen LogP contribution < -0.4 is 10.1 Å². The number of hydrogen-bond acceptors (Lipinski definition) is 4. The molecule has 1 saturated heterocycles. The van der Waals surface area contributed by atoms with E-state index in [0.29, 0.717) is 11.3 Å². The van der Waals surface area contributed by atoms with E-state index in [0.717, 1.165) is 11.1 Å². The van der Waals surface area contributed by atoms with E-state index in [2.05, 4.69) is 5.32 Å². The maximum atomic E-state index is 12.8. The normalized spacial score (nSPS) is 19.8. The third-order valence-electron chi connectivity index (χ3n) is 3.88. The van der Waals surface area contributed by atoms with Crippen LogP contribution in [0.2, 0.25) is 0 Å². The van der Waals surface area contributed by atoms with E-state index < -0.39 is 18.2 Å². The van der Waals surface area contributed by atoms with Crippen LogP contribution in [-0.4, -0.2) is 25.1 Å². The number of rotatable bonds is 4. The number of cyclic esters (lactones) is 1. The second-order valence-corrected chi connectivity index (χ2v) is 5.42. The molecule has 0 bridgehead atoms. The molecule has 0 saturated carbocycles. The molecule has 0 spiro atoms. The summed E-state index contributed by atoms with van der Waals surface area (Å²) in [5.41, 5.74) is 2.33. The first kappa shape index (κ1) is 15.1. The van der Waals surface area contributed by atoms with E-state index in [9.17, 15) is 9.59 Å². The molecular formula is C18H17NO4. The van der Waals surface area contributed by atoms with Crippen LogP contribution in [0.5, 0.6) is 5.75 Å². The fraction of sp³-hybridized carbons (Fsp3) is 0.222. The van der Waals surface area contributed by atoms with Gasteiger partial charge in [-0.2, -0.15) is 0 Å². The number of benzene rings is 2. The first-order valence-electron chi connectivity index (χ1n) is 7.31. The highest BCUT2D eigenvalue weighted by Crippen LogP contribution is 2.30. The van der Waals surface area contributed by atoms with Crippen molar-refractivity contribution in [3.8, 4) is 5.75 Å². The quantitative estimate of drug-likeness (QED) is 0.882. The van der Waals surface area contributed by atoms with Gasteiger partial charge in [0.15, 0.2) is 6.10 Å². The monoisotopic (exact) mass is 311 g/mol. The van der Waals surface area contributed by atoms with Gasteiger partial charge in [-0.15, -0.1) is 0 Å². The Morgan fingerprint density at radius 3 is 2.52 bits per heavy atom. The largest absolute Gasteiger partial charge is 0.496 e. The van der Waals surface area contributed by atoms with Crippen LogP contribution >= 0.6 is 0 Å². The Morgan fingerprint density at radius 2 is 1.83 bits per heavy atom. The second-order valence-electron chi connectivity index (χ2n) is 5.42. The zero-order chi connectivity index (χ0) is 16.4. The zero-order valence-electron chi connectivity index (χ0n) is 12.9. The van der Waals surface area contributed by atoms with Gasteiger partial charge in [0.2, 0.25) is 5.78 Å². The number of para-hydroxylation sites is 1. The maximum absolute atomic E-state index is 12.8. The SMILES string of the molecule is COc1ccccc1C(=O)[C@@H]1OC(=O)N[C@@H]1c1ccc(C)cc1. The van der Waals surface area contributed by atoms with Crippen LogP contribution in [0.4, 0.5) is 4.79 Å². The van der Waals surface area contributed by atoms with Crippen LogP contribution in [0.25, 0.3) is 0 Å². The van der Waals surface area contributed by atoms with Crippen molar-refractivity contribution in [1.82, 2.24) is 5.32 Å². The highest BCUT2D eigenvalue weighted by atomic mass is 16.6. The summed E-state index contributed by atoms with van der Waals surface area (Å²) in [6, 6.07) is 14.0. The van der Waals surface area contributed by atoms with Gasteiger partial charge in [0, 0.05) is 0 Å². The number of ether oxygens (including phenoxy) is 2. The van der Waals surface area contributed by atoms with Gasteiger partial charge in [-0.3, -0.25) is 4.79 Å². The lowest BCUT2D eigenvalue weighted by Crippen LogP contribution is -2.29. The van der Waals surface area contributed by atoms with Crippen molar-refractivity contribution in [2.24, 2.45) is 0 Å². The van der Waals surface area contributed by atoms with Crippen molar-refractivity contribution >= 4 is 11.9 Å². The average Bonchev–Trinajstić information content (AvgIpc) is 2.96. The molecule has 5 heteroatoms. The molecule has 1 aliphatic rings. The maximum Gasteiger partial charge on any atom is 0.408 e. The molecular weight excluding hydrogens is 294 g/mol. The lowest BCUT2D eigenvalue weighted by molar-refractivity contribution is 0.0718. The van der Waals surface area contributed by atoms with Crippen LogP contribution in [0, 0.1) is 6.92 Å². The summed E-state index contributed by atoms with van der Waals surface area (Å²) in [5, 5.41) is 2.71. The fourth-order valence-corrected chi connectivity index (χ4v) is 2.66. The standard InChI is InChI=1S/C18H17NO4/c1-11-7-9-12(10-8-11)15-17(23-18(21)19-15)16(20)13-5-3-4-6-14(13)22-2/h3-10,15,17H,1-2H3,(H,19,21)/t15-,17-/m1/s1. The molecule has 0 unspecified atom stereocenters. The van der Waals surface area contributed by atoms with Gasteiger partial charge in [-0.05, 0) is 24.6 Å². The van der Waals surface area contributed by atoms with Crippen molar-refractivity contribution in [3.63, 3.8) is 0 Å². The molecule has 118 valence electrons. The lowest BCUT2D eigenvalue weighted by Gasteiger charge is -2.17. The van der Waals surface area contributed by atoms with Crippen molar-refractivity contribution < 1.29 is 19.1 Å². The van der Waals surface area contributed by atoms with E-state index in [1.165, 1.54) is 7.11 Å². The topological polar surface area (TPSA) is 64.6 Å². The average molecular weight is 311 g/mol. The lowest BCUT2D eigenvalue weighted by atomic mass is 9.95. The first-order valence-corrected chi connectivity index (χ1v) is 7.31. The number of nitrogens with one attached hydrogen (secondary N) is 1. The van der Waals surface area contributed by atoms with Crippen molar-refractivity contribution in [1.29, 1.82) is 0 Å². The molecule has 1 N–H and O–H groups in total. The van der Waals surface area contributed by atoms with Crippen molar-refractivity contribution in [2.75, 3.05) is 7.11 Å². The van der Waals surface area contributed by atoms with Gasteiger partial charge >= 0.3 is 6.09 Å². The zero-order valence-corrected chi connectivity index (χ0v) is 12.9. The Kier molecular flexibility index (Phi) is 4.02. The van der Waals surface area contributed by atoms with E-state index in [1.54, 1.807) is 24.3 Å². The van der Waals surface area contributed by atoms with Gasteiger partial charge in [0.25, 0.3) is 0 Å². The van der Waals surface area contributed by atoms with Crippen LogP contribution in [0.1, 0.15) is 27.5 Å². The summed E-state index contributed by atoms with van der Waals surface area (Å²) in [7, 11) is 1.50. The van der Waals surface area contributed by atoms with Crippen molar-refractivity contribution in [2.45, 2.75) is 19.1 Å². The summed E-state index contributed by atoms with van der Waals surface area (Å²) in [4.78, 5) is 24.5. The molecule has 2 aromatic carbocycles. The van der Waals surface area contributed by atoms with Crippen LogP contribution in [0.15, 0.2) is 48.5 Å². The smallest absolute Gasteiger partial charge is 0.408 e. The second kappa shape index (κ2) is 6.12. The highest BCUT2D eigenvalue weighted by Gasteiger charge is 2.41. The number of amides is 1. The van der Waals surface area contributed by atoms with Gasteiger partial charge in [0.05, 0.1) is 12.7 Å².